The van der Waals surface area contributed by atoms with Crippen LogP contribution in [-0.2, 0) is 0 Å². The molecule has 0 bridgehead atoms. The van der Waals surface area contributed by atoms with Crippen LogP contribution < -0.4 is 0 Å². The van der Waals surface area contributed by atoms with E-state index in [2.05, 4.69) is 33.7 Å². The number of allylic oxidation sites excluding steroid dienone is 2. The van der Waals surface area contributed by atoms with Crippen molar-refractivity contribution in [3.8, 4) is 21.1 Å². The smallest absolute Gasteiger partial charge is 0.129 e. The van der Waals surface area contributed by atoms with Crippen LogP contribution in [0, 0.1) is 6.92 Å². The highest BCUT2D eigenvalue weighted by molar-refractivity contribution is 7.20. The van der Waals surface area contributed by atoms with Crippen LogP contribution in [0.2, 0.25) is 0 Å². The van der Waals surface area contributed by atoms with Gasteiger partial charge >= 0.3 is 0 Å². The third-order valence-electron chi connectivity index (χ3n) is 4.60. The lowest BCUT2D eigenvalue weighted by atomic mass is 9.96. The van der Waals surface area contributed by atoms with E-state index in [1.165, 1.54) is 23.3 Å². The third kappa shape index (κ3) is 2.46. The fourth-order valence-electron chi connectivity index (χ4n) is 3.40. The van der Waals surface area contributed by atoms with Gasteiger partial charge in [0.05, 0.1) is 27.5 Å². The highest BCUT2D eigenvalue weighted by atomic mass is 32.1. The maximum Gasteiger partial charge on any atom is 0.129 e. The number of aromatic nitrogens is 5. The van der Waals surface area contributed by atoms with Gasteiger partial charge in [0.2, 0.25) is 0 Å². The zero-order valence-electron chi connectivity index (χ0n) is 13.8. The van der Waals surface area contributed by atoms with Crippen LogP contribution in [-0.4, -0.2) is 24.8 Å². The first-order valence-electron chi connectivity index (χ1n) is 8.44. The zero-order valence-corrected chi connectivity index (χ0v) is 15.5. The lowest BCUT2D eigenvalue weighted by Crippen LogP contribution is -1.94. The minimum atomic E-state index is 1.03. The summed E-state index contributed by atoms with van der Waals surface area (Å²) in [4.78, 5) is 7.41. The minimum absolute atomic E-state index is 1.03. The lowest BCUT2D eigenvalue weighted by molar-refractivity contribution is 0.740. The molecule has 5 nitrogen and oxygen atoms in total. The van der Waals surface area contributed by atoms with Gasteiger partial charge in [-0.1, -0.05) is 6.08 Å². The summed E-state index contributed by atoms with van der Waals surface area (Å²) in [7, 11) is 0. The van der Waals surface area contributed by atoms with E-state index in [0.717, 1.165) is 45.3 Å². The molecule has 0 spiro atoms. The summed E-state index contributed by atoms with van der Waals surface area (Å²) in [5.41, 5.74) is 5.70. The van der Waals surface area contributed by atoms with Crippen LogP contribution in [0.3, 0.4) is 0 Å². The number of hydrogen-bond donors (Lipinski definition) is 1. The largest absolute Gasteiger partial charge is 0.277 e. The summed E-state index contributed by atoms with van der Waals surface area (Å²) in [6.45, 7) is 2.06. The number of rotatable bonds is 3. The summed E-state index contributed by atoms with van der Waals surface area (Å²) in [5.74, 6) is 0. The molecule has 0 atom stereocenters. The second kappa shape index (κ2) is 5.93. The molecule has 0 aromatic carbocycles. The van der Waals surface area contributed by atoms with Crippen molar-refractivity contribution >= 4 is 33.1 Å². The zero-order chi connectivity index (χ0) is 16.8. The summed E-state index contributed by atoms with van der Waals surface area (Å²) in [5, 5.41) is 15.0. The van der Waals surface area contributed by atoms with E-state index in [1.807, 2.05) is 16.8 Å². The van der Waals surface area contributed by atoms with Crippen LogP contribution >= 0.6 is 22.7 Å². The molecule has 0 saturated heterocycles. The Morgan fingerprint density at radius 3 is 3.04 bits per heavy atom. The van der Waals surface area contributed by atoms with E-state index in [9.17, 15) is 0 Å². The number of hydrogen-bond acceptors (Lipinski definition) is 5. The van der Waals surface area contributed by atoms with Gasteiger partial charge in [-0.3, -0.25) is 5.10 Å². The van der Waals surface area contributed by atoms with Crippen LogP contribution in [0.4, 0.5) is 0 Å². The first-order chi connectivity index (χ1) is 12.3. The van der Waals surface area contributed by atoms with E-state index in [-0.39, 0.29) is 0 Å². The highest BCUT2D eigenvalue weighted by Crippen LogP contribution is 2.42. The molecule has 0 amide bonds. The number of nitrogens with zero attached hydrogens (tertiary/aromatic N) is 4. The van der Waals surface area contributed by atoms with Gasteiger partial charge in [0.25, 0.3) is 0 Å². The summed E-state index contributed by atoms with van der Waals surface area (Å²) < 4.78 is 1.95. The minimum Gasteiger partial charge on any atom is -0.277 e. The number of thiazole rings is 2. The Labute approximate surface area is 153 Å². The van der Waals surface area contributed by atoms with Crippen molar-refractivity contribution in [1.29, 1.82) is 0 Å². The Hall–Kier alpha value is -2.25. The summed E-state index contributed by atoms with van der Waals surface area (Å²) in [6, 6.07) is 2.02. The maximum absolute atomic E-state index is 5.08. The average Bonchev–Trinajstić information content (AvgIpc) is 3.39. The van der Waals surface area contributed by atoms with Gasteiger partial charge in [-0.15, -0.1) is 22.7 Å². The van der Waals surface area contributed by atoms with Crippen molar-refractivity contribution in [2.75, 3.05) is 0 Å². The second-order valence-electron chi connectivity index (χ2n) is 6.26. The van der Waals surface area contributed by atoms with Gasteiger partial charge < -0.3 is 0 Å². The van der Waals surface area contributed by atoms with Crippen LogP contribution in [0.15, 0.2) is 29.9 Å². The first-order valence-corrected chi connectivity index (χ1v) is 10.1. The second-order valence-corrected chi connectivity index (χ2v) is 8.15. The fraction of sp³-hybridized carbons (Fsp3) is 0.278. The Morgan fingerprint density at radius 2 is 2.24 bits per heavy atom. The highest BCUT2D eigenvalue weighted by Gasteiger charge is 2.23. The maximum atomic E-state index is 5.08. The van der Waals surface area contributed by atoms with Gasteiger partial charge in [0.1, 0.15) is 9.84 Å². The van der Waals surface area contributed by atoms with E-state index < -0.39 is 0 Å². The molecule has 4 aromatic heterocycles. The predicted octanol–water partition coefficient (Wildman–Crippen LogP) is 5.18. The molecule has 4 heterocycles. The molecule has 7 heteroatoms. The van der Waals surface area contributed by atoms with E-state index in [4.69, 9.17) is 4.98 Å². The normalized spacial score (nSPS) is 15.0. The predicted molar refractivity (Wildman–Crippen MR) is 103 cm³/mol. The van der Waals surface area contributed by atoms with Gasteiger partial charge in [-0.25, -0.2) is 9.50 Å². The molecule has 5 rings (SSSR count). The molecule has 0 aliphatic heterocycles. The van der Waals surface area contributed by atoms with Gasteiger partial charge in [-0.2, -0.15) is 10.2 Å². The first kappa shape index (κ1) is 15.0. The number of fused-ring (bicyclic) bond motifs is 1. The Balaban J connectivity index is 1.72. The molecule has 1 aliphatic carbocycles. The van der Waals surface area contributed by atoms with Crippen molar-refractivity contribution < 1.29 is 0 Å². The Kier molecular flexibility index (Phi) is 3.57. The molecular weight excluding hydrogens is 350 g/mol. The van der Waals surface area contributed by atoms with Crippen molar-refractivity contribution in [2.24, 2.45) is 0 Å². The molecule has 0 radical (unpaired) electrons. The SMILES string of the molecule is Cc1nn2ccsc2c1-c1nc(C2=CCCCC2)c(-c2ccn[nH]2)s1. The molecule has 25 heavy (non-hydrogen) atoms. The van der Waals surface area contributed by atoms with Crippen molar-refractivity contribution in [1.82, 2.24) is 24.8 Å². The Morgan fingerprint density at radius 1 is 1.28 bits per heavy atom. The lowest BCUT2D eigenvalue weighted by Gasteiger charge is -2.11. The van der Waals surface area contributed by atoms with Gasteiger partial charge in [-0.05, 0) is 44.2 Å². The summed E-state index contributed by atoms with van der Waals surface area (Å²) in [6.07, 6.45) is 10.9. The van der Waals surface area contributed by atoms with E-state index in [1.54, 1.807) is 28.9 Å². The monoisotopic (exact) mass is 367 g/mol. The molecular formula is C18H17N5S2. The topological polar surface area (TPSA) is 58.9 Å². The quantitative estimate of drug-likeness (QED) is 0.543. The van der Waals surface area contributed by atoms with Crippen LogP contribution in [0.5, 0.6) is 0 Å². The average molecular weight is 368 g/mol. The third-order valence-corrected chi connectivity index (χ3v) is 6.58. The van der Waals surface area contributed by atoms with Crippen molar-refractivity contribution in [3.05, 3.63) is 41.3 Å². The molecule has 1 aliphatic rings. The standard InChI is InChI=1S/C18H17N5S2/c1-11-14(18-23(22-11)9-10-24-18)17-20-15(12-5-3-2-4-6-12)16(25-17)13-7-8-19-21-13/h5,7-10H,2-4,6H2,1H3,(H,19,21). The van der Waals surface area contributed by atoms with Crippen LogP contribution in [0.25, 0.3) is 31.5 Å². The number of H-pyrrole nitrogens is 1. The number of aryl methyl sites for hydroxylation is 1. The summed E-state index contributed by atoms with van der Waals surface area (Å²) >= 11 is 3.44. The molecule has 0 saturated carbocycles. The molecule has 126 valence electrons. The Bertz CT molecular complexity index is 1060. The van der Waals surface area contributed by atoms with Crippen molar-refractivity contribution in [3.63, 3.8) is 0 Å². The molecule has 4 aromatic rings. The molecule has 0 fully saturated rings. The van der Waals surface area contributed by atoms with Gasteiger partial charge in [0, 0.05) is 17.8 Å². The van der Waals surface area contributed by atoms with Crippen LogP contribution in [0.1, 0.15) is 37.1 Å². The van der Waals surface area contributed by atoms with E-state index in [0.29, 0.717) is 0 Å². The fourth-order valence-corrected chi connectivity index (χ4v) is 5.52. The number of nitrogens with one attached hydrogen (secondary N) is 1. The van der Waals surface area contributed by atoms with E-state index >= 15 is 0 Å². The van der Waals surface area contributed by atoms with Crippen molar-refractivity contribution in [2.45, 2.75) is 32.6 Å². The van der Waals surface area contributed by atoms with Gasteiger partial charge in [0.15, 0.2) is 0 Å². The number of aromatic amines is 1. The molecule has 0 unspecified atom stereocenters. The molecule has 1 N–H and O–H groups in total.